The molecule has 19 heavy (non-hydrogen) atoms. The Bertz CT molecular complexity index is 589. The second kappa shape index (κ2) is 4.53. The normalized spacial score (nSPS) is 18.1. The first kappa shape index (κ1) is 13.3. The minimum Gasteiger partial charge on any atom is -0.352 e. The molecule has 0 bridgehead atoms. The van der Waals surface area contributed by atoms with Crippen molar-refractivity contribution in [3.05, 3.63) is 34.2 Å². The van der Waals surface area contributed by atoms with Crippen LogP contribution < -0.4 is 10.9 Å². The highest BCUT2D eigenvalue weighted by molar-refractivity contribution is 5.99. The highest BCUT2D eigenvalue weighted by atomic mass is 16.2. The molecule has 102 valence electrons. The zero-order valence-corrected chi connectivity index (χ0v) is 11.3. The minimum atomic E-state index is -0.885. The molecule has 0 unspecified atom stereocenters. The molecular formula is C13H17N3O3. The summed E-state index contributed by atoms with van der Waals surface area (Å²) in [7, 11) is 1.59. The molecule has 1 aliphatic heterocycles. The van der Waals surface area contributed by atoms with Crippen molar-refractivity contribution in [2.75, 3.05) is 13.1 Å². The molecule has 1 saturated heterocycles. The van der Waals surface area contributed by atoms with Gasteiger partial charge in [-0.15, -0.1) is 0 Å². The number of carbonyl (C=O) groups excluding carboxylic acids is 2. The largest absolute Gasteiger partial charge is 0.352 e. The number of hydrogen-bond acceptors (Lipinski definition) is 3. The molecule has 6 heteroatoms. The van der Waals surface area contributed by atoms with Crippen LogP contribution in [0.1, 0.15) is 24.2 Å². The summed E-state index contributed by atoms with van der Waals surface area (Å²) in [6, 6.07) is 2.84. The summed E-state index contributed by atoms with van der Waals surface area (Å²) in [5.41, 5.74) is -0.651. The van der Waals surface area contributed by atoms with E-state index < -0.39 is 5.54 Å². The average molecular weight is 263 g/mol. The van der Waals surface area contributed by atoms with Crippen molar-refractivity contribution in [3.63, 3.8) is 0 Å². The van der Waals surface area contributed by atoms with Crippen molar-refractivity contribution < 1.29 is 9.59 Å². The van der Waals surface area contributed by atoms with Gasteiger partial charge in [0.15, 0.2) is 0 Å². The van der Waals surface area contributed by atoms with Gasteiger partial charge in [-0.25, -0.2) is 0 Å². The Hall–Kier alpha value is -2.11. The van der Waals surface area contributed by atoms with Gasteiger partial charge in [-0.2, -0.15) is 0 Å². The van der Waals surface area contributed by atoms with Crippen molar-refractivity contribution in [3.8, 4) is 0 Å². The molecular weight excluding hydrogens is 246 g/mol. The lowest BCUT2D eigenvalue weighted by Gasteiger charge is -2.41. The molecule has 2 amide bonds. The Morgan fingerprint density at radius 3 is 2.63 bits per heavy atom. The summed E-state index contributed by atoms with van der Waals surface area (Å²) in [5.74, 6) is -0.410. The van der Waals surface area contributed by atoms with Gasteiger partial charge in [0.05, 0.1) is 5.56 Å². The molecule has 1 N–H and O–H groups in total. The van der Waals surface area contributed by atoms with E-state index in [1.807, 2.05) is 0 Å². The van der Waals surface area contributed by atoms with Gasteiger partial charge in [0.1, 0.15) is 5.54 Å². The second-order valence-corrected chi connectivity index (χ2v) is 5.14. The number of piperazine rings is 1. The minimum absolute atomic E-state index is 0.170. The van der Waals surface area contributed by atoms with Crippen LogP contribution in [-0.4, -0.2) is 39.9 Å². The zero-order chi connectivity index (χ0) is 14.2. The molecule has 0 atom stereocenters. The first-order valence-electron chi connectivity index (χ1n) is 6.11. The van der Waals surface area contributed by atoms with Crippen molar-refractivity contribution in [1.29, 1.82) is 0 Å². The van der Waals surface area contributed by atoms with E-state index in [0.717, 1.165) is 0 Å². The van der Waals surface area contributed by atoms with Gasteiger partial charge in [0.2, 0.25) is 11.5 Å². The summed E-state index contributed by atoms with van der Waals surface area (Å²) >= 11 is 0. The lowest BCUT2D eigenvalue weighted by Crippen LogP contribution is -2.63. The fourth-order valence-corrected chi connectivity index (χ4v) is 2.13. The van der Waals surface area contributed by atoms with E-state index in [-0.39, 0.29) is 17.4 Å². The van der Waals surface area contributed by atoms with Crippen molar-refractivity contribution in [1.82, 2.24) is 14.8 Å². The number of carbonyl (C=O) groups is 2. The van der Waals surface area contributed by atoms with Crippen LogP contribution in [0.2, 0.25) is 0 Å². The number of pyridine rings is 1. The fourth-order valence-electron chi connectivity index (χ4n) is 2.13. The molecule has 6 nitrogen and oxygen atoms in total. The first-order valence-corrected chi connectivity index (χ1v) is 6.11. The standard InChI is InChI=1S/C13H17N3O3/c1-13(2)12(19)14-6-7-16(13)11(18)9-4-5-10(17)15(3)8-9/h4-5,8H,6-7H2,1-3H3,(H,14,19). The molecule has 1 fully saturated rings. The predicted molar refractivity (Wildman–Crippen MR) is 69.8 cm³/mol. The van der Waals surface area contributed by atoms with E-state index in [4.69, 9.17) is 0 Å². The smallest absolute Gasteiger partial charge is 0.256 e. The maximum absolute atomic E-state index is 12.5. The number of rotatable bonds is 1. The van der Waals surface area contributed by atoms with Crippen LogP contribution in [0.3, 0.4) is 0 Å². The second-order valence-electron chi connectivity index (χ2n) is 5.14. The van der Waals surface area contributed by atoms with E-state index >= 15 is 0 Å². The van der Waals surface area contributed by atoms with Crippen LogP contribution in [0.15, 0.2) is 23.1 Å². The Labute approximate surface area is 111 Å². The van der Waals surface area contributed by atoms with Crippen LogP contribution in [0.5, 0.6) is 0 Å². The molecule has 1 aromatic rings. The number of amides is 2. The fraction of sp³-hybridized carbons (Fsp3) is 0.462. The molecule has 2 heterocycles. The third kappa shape index (κ3) is 2.25. The van der Waals surface area contributed by atoms with E-state index in [9.17, 15) is 14.4 Å². The summed E-state index contributed by atoms with van der Waals surface area (Å²) in [6.07, 6.45) is 1.49. The average Bonchev–Trinajstić information content (AvgIpc) is 2.35. The van der Waals surface area contributed by atoms with Gasteiger partial charge in [-0.1, -0.05) is 0 Å². The highest BCUT2D eigenvalue weighted by Gasteiger charge is 2.40. The lowest BCUT2D eigenvalue weighted by molar-refractivity contribution is -0.133. The Kier molecular flexibility index (Phi) is 3.18. The van der Waals surface area contributed by atoms with Gasteiger partial charge >= 0.3 is 0 Å². The Balaban J connectivity index is 2.35. The van der Waals surface area contributed by atoms with Crippen molar-refractivity contribution >= 4 is 11.8 Å². The van der Waals surface area contributed by atoms with Gasteiger partial charge < -0.3 is 14.8 Å². The SMILES string of the molecule is Cn1cc(C(=O)N2CCNC(=O)C2(C)C)ccc1=O. The molecule has 0 spiro atoms. The third-order valence-corrected chi connectivity index (χ3v) is 3.43. The van der Waals surface area contributed by atoms with E-state index in [0.29, 0.717) is 18.7 Å². The molecule has 2 rings (SSSR count). The summed E-state index contributed by atoms with van der Waals surface area (Å²) in [5, 5.41) is 2.74. The summed E-state index contributed by atoms with van der Waals surface area (Å²) in [6.45, 7) is 4.32. The maximum Gasteiger partial charge on any atom is 0.256 e. The molecule has 0 aliphatic carbocycles. The van der Waals surface area contributed by atoms with Crippen LogP contribution >= 0.6 is 0 Å². The van der Waals surface area contributed by atoms with Crippen molar-refractivity contribution in [2.45, 2.75) is 19.4 Å². The molecule has 0 radical (unpaired) electrons. The van der Waals surface area contributed by atoms with Gasteiger partial charge in [-0.3, -0.25) is 14.4 Å². The highest BCUT2D eigenvalue weighted by Crippen LogP contribution is 2.20. The summed E-state index contributed by atoms with van der Waals surface area (Å²) in [4.78, 5) is 37.1. The summed E-state index contributed by atoms with van der Waals surface area (Å²) < 4.78 is 1.35. The maximum atomic E-state index is 12.5. The van der Waals surface area contributed by atoms with Crippen LogP contribution in [0.25, 0.3) is 0 Å². The van der Waals surface area contributed by atoms with E-state index in [2.05, 4.69) is 5.32 Å². The van der Waals surface area contributed by atoms with Crippen LogP contribution in [0, 0.1) is 0 Å². The number of hydrogen-bond donors (Lipinski definition) is 1. The zero-order valence-electron chi connectivity index (χ0n) is 11.3. The Morgan fingerprint density at radius 1 is 1.32 bits per heavy atom. The number of aromatic nitrogens is 1. The Morgan fingerprint density at radius 2 is 2.00 bits per heavy atom. The predicted octanol–water partition coefficient (Wildman–Crippen LogP) is -0.264. The lowest BCUT2D eigenvalue weighted by atomic mass is 9.98. The molecule has 1 aliphatic rings. The first-order chi connectivity index (χ1) is 8.84. The molecule has 0 saturated carbocycles. The van der Waals surface area contributed by atoms with Crippen molar-refractivity contribution in [2.24, 2.45) is 7.05 Å². The van der Waals surface area contributed by atoms with Crippen LogP contribution in [0.4, 0.5) is 0 Å². The van der Waals surface area contributed by atoms with Gasteiger partial charge in [-0.05, 0) is 19.9 Å². The van der Waals surface area contributed by atoms with Gasteiger partial charge in [0.25, 0.3) is 5.91 Å². The number of nitrogens with zero attached hydrogens (tertiary/aromatic N) is 2. The third-order valence-electron chi connectivity index (χ3n) is 3.43. The number of nitrogens with one attached hydrogen (secondary N) is 1. The molecule has 1 aromatic heterocycles. The molecule has 0 aromatic carbocycles. The number of aryl methyl sites for hydroxylation is 1. The monoisotopic (exact) mass is 263 g/mol. The quantitative estimate of drug-likeness (QED) is 0.758. The van der Waals surface area contributed by atoms with Gasteiger partial charge in [0, 0.05) is 32.4 Å². The van der Waals surface area contributed by atoms with E-state index in [1.165, 1.54) is 27.8 Å². The van der Waals surface area contributed by atoms with Crippen LogP contribution in [-0.2, 0) is 11.8 Å². The topological polar surface area (TPSA) is 71.4 Å². The van der Waals surface area contributed by atoms with E-state index in [1.54, 1.807) is 20.9 Å².